The summed E-state index contributed by atoms with van der Waals surface area (Å²) in [6, 6.07) is 0. The van der Waals surface area contributed by atoms with Crippen molar-refractivity contribution in [3.8, 4) is 0 Å². The largest absolute Gasteiger partial charge is 0.308 e. The summed E-state index contributed by atoms with van der Waals surface area (Å²) in [5, 5.41) is 3.70. The molecule has 0 bridgehead atoms. The standard InChI is InChI=1S/C12H23N/c1-4-12(10-11(2)3)8-6-5-7-9-13-12/h10,13H,4-9H2,1-3H3. The Labute approximate surface area is 82.6 Å². The minimum Gasteiger partial charge on any atom is -0.308 e. The van der Waals surface area contributed by atoms with Crippen LogP contribution in [0, 0.1) is 0 Å². The zero-order chi connectivity index (χ0) is 9.73. The summed E-state index contributed by atoms with van der Waals surface area (Å²) in [6.07, 6.45) is 9.08. The van der Waals surface area contributed by atoms with Crippen molar-refractivity contribution in [1.82, 2.24) is 5.32 Å². The summed E-state index contributed by atoms with van der Waals surface area (Å²) in [4.78, 5) is 0. The van der Waals surface area contributed by atoms with Gasteiger partial charge in [0.2, 0.25) is 0 Å². The van der Waals surface area contributed by atoms with Gasteiger partial charge in [0.05, 0.1) is 0 Å². The molecule has 0 saturated carbocycles. The van der Waals surface area contributed by atoms with Crippen molar-refractivity contribution >= 4 is 0 Å². The zero-order valence-corrected chi connectivity index (χ0v) is 9.32. The normalized spacial score (nSPS) is 29.5. The van der Waals surface area contributed by atoms with Gasteiger partial charge in [-0.2, -0.15) is 0 Å². The molecule has 0 radical (unpaired) electrons. The SMILES string of the molecule is CCC1(C=C(C)C)CCCCCN1. The maximum Gasteiger partial charge on any atom is 0.0363 e. The molecule has 1 saturated heterocycles. The van der Waals surface area contributed by atoms with Crippen LogP contribution < -0.4 is 5.32 Å². The second kappa shape index (κ2) is 4.80. The molecule has 0 amide bonds. The number of allylic oxidation sites excluding steroid dienone is 1. The average molecular weight is 181 g/mol. The highest BCUT2D eigenvalue weighted by Gasteiger charge is 2.25. The van der Waals surface area contributed by atoms with Gasteiger partial charge in [-0.15, -0.1) is 0 Å². The Hall–Kier alpha value is -0.300. The van der Waals surface area contributed by atoms with E-state index in [9.17, 15) is 0 Å². The van der Waals surface area contributed by atoms with Crippen LogP contribution in [0.15, 0.2) is 11.6 Å². The first kappa shape index (κ1) is 10.8. The Morgan fingerprint density at radius 2 is 2.08 bits per heavy atom. The third-order valence-corrected chi connectivity index (χ3v) is 2.97. The number of rotatable bonds is 2. The zero-order valence-electron chi connectivity index (χ0n) is 9.32. The number of nitrogens with one attached hydrogen (secondary N) is 1. The van der Waals surface area contributed by atoms with Gasteiger partial charge in [0.25, 0.3) is 0 Å². The summed E-state index contributed by atoms with van der Waals surface area (Å²) < 4.78 is 0. The molecule has 1 rings (SSSR count). The predicted octanol–water partition coefficient (Wildman–Crippen LogP) is 3.27. The molecule has 76 valence electrons. The molecule has 1 unspecified atom stereocenters. The topological polar surface area (TPSA) is 12.0 Å². The molecule has 1 heterocycles. The van der Waals surface area contributed by atoms with E-state index in [2.05, 4.69) is 32.2 Å². The smallest absolute Gasteiger partial charge is 0.0363 e. The van der Waals surface area contributed by atoms with Crippen LogP contribution in [-0.4, -0.2) is 12.1 Å². The van der Waals surface area contributed by atoms with E-state index in [1.54, 1.807) is 0 Å². The lowest BCUT2D eigenvalue weighted by Gasteiger charge is -2.30. The van der Waals surface area contributed by atoms with Crippen molar-refractivity contribution in [1.29, 1.82) is 0 Å². The molecule has 1 nitrogen and oxygen atoms in total. The lowest BCUT2D eigenvalue weighted by atomic mass is 9.89. The van der Waals surface area contributed by atoms with Crippen molar-refractivity contribution in [3.63, 3.8) is 0 Å². The predicted molar refractivity (Wildman–Crippen MR) is 58.9 cm³/mol. The molecule has 0 aromatic carbocycles. The summed E-state index contributed by atoms with van der Waals surface area (Å²) in [5.74, 6) is 0. The van der Waals surface area contributed by atoms with Crippen LogP contribution in [0.4, 0.5) is 0 Å². The Balaban J connectivity index is 2.70. The van der Waals surface area contributed by atoms with Crippen LogP contribution in [-0.2, 0) is 0 Å². The van der Waals surface area contributed by atoms with Crippen LogP contribution in [0.3, 0.4) is 0 Å². The van der Waals surface area contributed by atoms with E-state index < -0.39 is 0 Å². The minimum atomic E-state index is 0.315. The highest BCUT2D eigenvalue weighted by atomic mass is 15.0. The second-order valence-electron chi connectivity index (χ2n) is 4.47. The van der Waals surface area contributed by atoms with Gasteiger partial charge >= 0.3 is 0 Å². The molecule has 1 fully saturated rings. The molecule has 1 N–H and O–H groups in total. The fourth-order valence-corrected chi connectivity index (χ4v) is 2.25. The summed E-state index contributed by atoms with van der Waals surface area (Å²) in [6.45, 7) is 7.88. The molecule has 0 aromatic heterocycles. The van der Waals surface area contributed by atoms with Gasteiger partial charge < -0.3 is 5.32 Å². The van der Waals surface area contributed by atoms with Crippen LogP contribution in [0.5, 0.6) is 0 Å². The van der Waals surface area contributed by atoms with Crippen molar-refractivity contribution in [2.75, 3.05) is 6.54 Å². The maximum atomic E-state index is 3.70. The van der Waals surface area contributed by atoms with Crippen LogP contribution >= 0.6 is 0 Å². The van der Waals surface area contributed by atoms with Gasteiger partial charge in [-0.3, -0.25) is 0 Å². The van der Waals surface area contributed by atoms with E-state index in [4.69, 9.17) is 0 Å². The quantitative estimate of drug-likeness (QED) is 0.645. The summed E-state index contributed by atoms with van der Waals surface area (Å²) in [7, 11) is 0. The van der Waals surface area contributed by atoms with E-state index in [1.807, 2.05) is 0 Å². The lowest BCUT2D eigenvalue weighted by Crippen LogP contribution is -2.42. The molecule has 1 aliphatic heterocycles. The van der Waals surface area contributed by atoms with Crippen molar-refractivity contribution in [2.24, 2.45) is 0 Å². The van der Waals surface area contributed by atoms with Crippen LogP contribution in [0.1, 0.15) is 52.9 Å². The molecule has 13 heavy (non-hydrogen) atoms. The van der Waals surface area contributed by atoms with E-state index in [0.29, 0.717) is 5.54 Å². The van der Waals surface area contributed by atoms with E-state index >= 15 is 0 Å². The summed E-state index contributed by atoms with van der Waals surface area (Å²) in [5.41, 5.74) is 1.76. The molecule has 1 aliphatic rings. The van der Waals surface area contributed by atoms with E-state index in [1.165, 1.54) is 44.2 Å². The van der Waals surface area contributed by atoms with E-state index in [0.717, 1.165) is 0 Å². The Morgan fingerprint density at radius 1 is 1.31 bits per heavy atom. The fraction of sp³-hybridized carbons (Fsp3) is 0.833. The first-order valence-electron chi connectivity index (χ1n) is 5.60. The van der Waals surface area contributed by atoms with Crippen LogP contribution in [0.2, 0.25) is 0 Å². The van der Waals surface area contributed by atoms with Gasteiger partial charge in [0, 0.05) is 5.54 Å². The third kappa shape index (κ3) is 3.15. The Bertz CT molecular complexity index is 170. The highest BCUT2D eigenvalue weighted by Crippen LogP contribution is 2.24. The van der Waals surface area contributed by atoms with E-state index in [-0.39, 0.29) is 0 Å². The minimum absolute atomic E-state index is 0.315. The van der Waals surface area contributed by atoms with Crippen molar-refractivity contribution in [3.05, 3.63) is 11.6 Å². The van der Waals surface area contributed by atoms with Gasteiger partial charge in [-0.1, -0.05) is 31.4 Å². The molecular formula is C12H23N. The highest BCUT2D eigenvalue weighted by molar-refractivity contribution is 5.11. The van der Waals surface area contributed by atoms with Gasteiger partial charge in [-0.05, 0) is 39.7 Å². The molecule has 1 atom stereocenters. The molecule has 0 aromatic rings. The molecule has 0 aliphatic carbocycles. The molecule has 1 heteroatoms. The average Bonchev–Trinajstić information content (AvgIpc) is 2.30. The molecular weight excluding hydrogens is 158 g/mol. The van der Waals surface area contributed by atoms with Gasteiger partial charge in [0.15, 0.2) is 0 Å². The Kier molecular flexibility index (Phi) is 3.98. The van der Waals surface area contributed by atoms with Gasteiger partial charge in [-0.25, -0.2) is 0 Å². The van der Waals surface area contributed by atoms with Crippen LogP contribution in [0.25, 0.3) is 0 Å². The Morgan fingerprint density at radius 3 is 2.69 bits per heavy atom. The van der Waals surface area contributed by atoms with Gasteiger partial charge in [0.1, 0.15) is 0 Å². The maximum absolute atomic E-state index is 3.70. The third-order valence-electron chi connectivity index (χ3n) is 2.97. The number of hydrogen-bond donors (Lipinski definition) is 1. The lowest BCUT2D eigenvalue weighted by molar-refractivity contribution is 0.381. The first-order chi connectivity index (χ1) is 6.18. The first-order valence-corrected chi connectivity index (χ1v) is 5.60. The second-order valence-corrected chi connectivity index (χ2v) is 4.47. The molecule has 0 spiro atoms. The number of hydrogen-bond acceptors (Lipinski definition) is 1. The summed E-state index contributed by atoms with van der Waals surface area (Å²) >= 11 is 0. The van der Waals surface area contributed by atoms with Crippen molar-refractivity contribution < 1.29 is 0 Å². The fourth-order valence-electron chi connectivity index (χ4n) is 2.25. The van der Waals surface area contributed by atoms with Crippen molar-refractivity contribution in [2.45, 2.75) is 58.4 Å². The monoisotopic (exact) mass is 181 g/mol.